The van der Waals surface area contributed by atoms with Crippen LogP contribution in [0.5, 0.6) is 0 Å². The first kappa shape index (κ1) is 17.0. The molecule has 0 aliphatic carbocycles. The van der Waals surface area contributed by atoms with Gasteiger partial charge < -0.3 is 15.7 Å². The van der Waals surface area contributed by atoms with Crippen molar-refractivity contribution in [2.45, 2.75) is 12.0 Å². The molecule has 0 radical (unpaired) electrons. The smallest absolute Gasteiger partial charge is 0.387 e. The highest BCUT2D eigenvalue weighted by Crippen LogP contribution is 2.35. The molecule has 2 unspecified atom stereocenters. The molecule has 3 aromatic rings. The third-order valence-corrected chi connectivity index (χ3v) is 5.27. The van der Waals surface area contributed by atoms with E-state index in [0.29, 0.717) is 38.3 Å². The molecule has 1 fully saturated rings. The lowest BCUT2D eigenvalue weighted by Gasteiger charge is -2.17. The highest BCUT2D eigenvalue weighted by molar-refractivity contribution is 7.39. The number of fused-ring (bicyclic) bond motifs is 1. The maximum atomic E-state index is 13.0. The molecule has 7 nitrogen and oxygen atoms in total. The standard InChI is InChI=1S/C15H14F3N6OP/c16-15(17,18)8-2-1-3-9(4-8)24-13-10(5-20-24)12(21-14(19)22-13)23-6-11(25)26-7-23/h1-5,11,25-26H,6-7H2,(H2,19,21,22). The Morgan fingerprint density at radius 3 is 2.77 bits per heavy atom. The number of nitrogens with two attached hydrogens (primary N) is 1. The minimum atomic E-state index is -4.45. The summed E-state index contributed by atoms with van der Waals surface area (Å²) in [5.74, 6) is 0.0838. The van der Waals surface area contributed by atoms with Crippen molar-refractivity contribution in [2.24, 2.45) is 0 Å². The van der Waals surface area contributed by atoms with Crippen LogP contribution in [0.2, 0.25) is 0 Å². The van der Waals surface area contributed by atoms with Gasteiger partial charge in [-0.1, -0.05) is 14.6 Å². The number of aliphatic hydroxyl groups is 1. The molecule has 1 aromatic carbocycles. The van der Waals surface area contributed by atoms with E-state index in [1.54, 1.807) is 0 Å². The molecule has 11 heteroatoms. The molecule has 26 heavy (non-hydrogen) atoms. The Bertz CT molecular complexity index is 976. The van der Waals surface area contributed by atoms with Crippen LogP contribution in [0.3, 0.4) is 0 Å². The summed E-state index contributed by atoms with van der Waals surface area (Å²) >= 11 is 0. The van der Waals surface area contributed by atoms with Crippen molar-refractivity contribution in [1.82, 2.24) is 19.7 Å². The molecule has 1 saturated heterocycles. The number of hydrogen-bond donors (Lipinski definition) is 2. The van der Waals surface area contributed by atoms with Gasteiger partial charge in [0.05, 0.1) is 28.7 Å². The molecular formula is C15H14F3N6OP. The average Bonchev–Trinajstić information content (AvgIpc) is 3.19. The average molecular weight is 382 g/mol. The van der Waals surface area contributed by atoms with Crippen molar-refractivity contribution in [3.05, 3.63) is 36.0 Å². The van der Waals surface area contributed by atoms with E-state index >= 15 is 0 Å². The normalized spacial score (nSPS) is 18.9. The Balaban J connectivity index is 1.84. The van der Waals surface area contributed by atoms with Gasteiger partial charge in [0.25, 0.3) is 0 Å². The minimum Gasteiger partial charge on any atom is -0.387 e. The molecule has 1 aliphatic rings. The van der Waals surface area contributed by atoms with E-state index in [9.17, 15) is 18.3 Å². The van der Waals surface area contributed by atoms with Crippen LogP contribution in [0.25, 0.3) is 16.7 Å². The SMILES string of the molecule is Nc1nc(N2CPC(O)C2)c2cnn(-c3cccc(C(F)(F)F)c3)c2n1. The van der Waals surface area contributed by atoms with Crippen molar-refractivity contribution < 1.29 is 18.3 Å². The van der Waals surface area contributed by atoms with Gasteiger partial charge in [0.2, 0.25) is 5.95 Å². The van der Waals surface area contributed by atoms with E-state index in [-0.39, 0.29) is 11.6 Å². The summed E-state index contributed by atoms with van der Waals surface area (Å²) in [5, 5.41) is 14.5. The third-order valence-electron chi connectivity index (χ3n) is 4.05. The van der Waals surface area contributed by atoms with Gasteiger partial charge in [-0.3, -0.25) is 0 Å². The Morgan fingerprint density at radius 2 is 2.08 bits per heavy atom. The third kappa shape index (κ3) is 2.95. The van der Waals surface area contributed by atoms with Crippen molar-refractivity contribution >= 4 is 31.4 Å². The fourth-order valence-corrected chi connectivity index (χ4v) is 3.93. The summed E-state index contributed by atoms with van der Waals surface area (Å²) in [5.41, 5.74) is 5.57. The zero-order valence-electron chi connectivity index (χ0n) is 13.3. The molecular weight excluding hydrogens is 368 g/mol. The maximum Gasteiger partial charge on any atom is 0.416 e. The van der Waals surface area contributed by atoms with Crippen molar-refractivity contribution in [3.8, 4) is 5.69 Å². The predicted octanol–water partition coefficient (Wildman–Crippen LogP) is 2.19. The molecule has 0 amide bonds. The number of β-amino-alcohol motifs (C(OH)–C–C–N with tert-alkyl or cyclic N) is 1. The van der Waals surface area contributed by atoms with Gasteiger partial charge in [-0.25, -0.2) is 4.68 Å². The molecule has 0 spiro atoms. The molecule has 4 rings (SSSR count). The van der Waals surface area contributed by atoms with Crippen LogP contribution in [0.1, 0.15) is 5.56 Å². The van der Waals surface area contributed by atoms with E-state index in [4.69, 9.17) is 5.73 Å². The van der Waals surface area contributed by atoms with Gasteiger partial charge in [-0.15, -0.1) is 0 Å². The molecule has 136 valence electrons. The topological polar surface area (TPSA) is 93.1 Å². The lowest BCUT2D eigenvalue weighted by molar-refractivity contribution is -0.137. The van der Waals surface area contributed by atoms with Gasteiger partial charge in [-0.05, 0) is 18.2 Å². The molecule has 3 N–H and O–H groups in total. The monoisotopic (exact) mass is 382 g/mol. The summed E-state index contributed by atoms with van der Waals surface area (Å²) < 4.78 is 40.3. The second kappa shape index (κ2) is 6.07. The van der Waals surface area contributed by atoms with Gasteiger partial charge >= 0.3 is 6.18 Å². The van der Waals surface area contributed by atoms with Crippen molar-refractivity contribution in [3.63, 3.8) is 0 Å². The van der Waals surface area contributed by atoms with E-state index in [0.717, 1.165) is 12.1 Å². The zero-order valence-corrected chi connectivity index (χ0v) is 14.3. The molecule has 3 heterocycles. The fourth-order valence-electron chi connectivity index (χ4n) is 2.87. The zero-order chi connectivity index (χ0) is 18.5. The summed E-state index contributed by atoms with van der Waals surface area (Å²) in [4.78, 5) is 10.3. The minimum absolute atomic E-state index is 0.00838. The number of rotatable bonds is 2. The maximum absolute atomic E-state index is 13.0. The number of anilines is 2. The van der Waals surface area contributed by atoms with Crippen LogP contribution in [-0.4, -0.2) is 43.5 Å². The Kier molecular flexibility index (Phi) is 3.96. The Morgan fingerprint density at radius 1 is 1.27 bits per heavy atom. The lowest BCUT2D eigenvalue weighted by Crippen LogP contribution is -2.23. The van der Waals surface area contributed by atoms with Gasteiger partial charge in [-0.2, -0.15) is 28.2 Å². The number of nitrogens with zero attached hydrogens (tertiary/aromatic N) is 5. The van der Waals surface area contributed by atoms with Crippen molar-refractivity contribution in [2.75, 3.05) is 23.5 Å². The van der Waals surface area contributed by atoms with E-state index < -0.39 is 17.6 Å². The fraction of sp³-hybridized carbons (Fsp3) is 0.267. The number of hydrogen-bond acceptors (Lipinski definition) is 6. The summed E-state index contributed by atoms with van der Waals surface area (Å²) in [7, 11) is 0.356. The van der Waals surface area contributed by atoms with Crippen LogP contribution in [0.15, 0.2) is 30.5 Å². The Labute approximate surface area is 147 Å². The number of aromatic nitrogens is 4. The van der Waals surface area contributed by atoms with E-state index in [1.165, 1.54) is 23.0 Å². The second-order valence-corrected chi connectivity index (χ2v) is 7.24. The van der Waals surface area contributed by atoms with E-state index in [2.05, 4.69) is 15.1 Å². The number of benzene rings is 1. The summed E-state index contributed by atoms with van der Waals surface area (Å²) in [6.07, 6.45) is -2.33. The van der Waals surface area contributed by atoms with Gasteiger partial charge in [0.1, 0.15) is 5.82 Å². The number of aliphatic hydroxyl groups excluding tert-OH is 1. The van der Waals surface area contributed by atoms with Crippen LogP contribution >= 0.6 is 8.58 Å². The number of alkyl halides is 3. The van der Waals surface area contributed by atoms with Gasteiger partial charge in [0, 0.05) is 12.8 Å². The second-order valence-electron chi connectivity index (χ2n) is 5.85. The highest BCUT2D eigenvalue weighted by atomic mass is 31.1. The van der Waals surface area contributed by atoms with E-state index in [1.807, 2.05) is 4.90 Å². The number of halogens is 3. The molecule has 2 atom stereocenters. The van der Waals surface area contributed by atoms with Crippen LogP contribution in [0, 0.1) is 0 Å². The van der Waals surface area contributed by atoms with Crippen LogP contribution < -0.4 is 10.6 Å². The number of nitrogen functional groups attached to an aromatic ring is 1. The van der Waals surface area contributed by atoms with Crippen molar-refractivity contribution in [1.29, 1.82) is 0 Å². The molecule has 0 bridgehead atoms. The first-order valence-electron chi connectivity index (χ1n) is 7.68. The quantitative estimate of drug-likeness (QED) is 0.660. The molecule has 0 saturated carbocycles. The lowest BCUT2D eigenvalue weighted by atomic mass is 10.2. The van der Waals surface area contributed by atoms with Crippen LogP contribution in [-0.2, 0) is 6.18 Å². The first-order chi connectivity index (χ1) is 12.3. The predicted molar refractivity (Wildman–Crippen MR) is 92.6 cm³/mol. The summed E-state index contributed by atoms with van der Waals surface area (Å²) in [6, 6.07) is 4.83. The van der Waals surface area contributed by atoms with Gasteiger partial charge in [0.15, 0.2) is 5.65 Å². The first-order valence-corrected chi connectivity index (χ1v) is 8.96. The highest BCUT2D eigenvalue weighted by Gasteiger charge is 2.31. The Hall–Kier alpha value is -2.45. The van der Waals surface area contributed by atoms with Crippen LogP contribution in [0.4, 0.5) is 24.9 Å². The summed E-state index contributed by atoms with van der Waals surface area (Å²) in [6.45, 7) is 0.415. The molecule has 1 aliphatic heterocycles. The largest absolute Gasteiger partial charge is 0.416 e. The molecule has 2 aromatic heterocycles.